The maximum Gasteiger partial charge on any atom is 0.257 e. The summed E-state index contributed by atoms with van der Waals surface area (Å²) in [5.41, 5.74) is 1.56. The van der Waals surface area contributed by atoms with Crippen LogP contribution in [0.4, 0.5) is 5.13 Å². The summed E-state index contributed by atoms with van der Waals surface area (Å²) in [5.74, 6) is 0.257. The normalized spacial score (nSPS) is 10.3. The van der Waals surface area contributed by atoms with Crippen LogP contribution in [-0.4, -0.2) is 16.1 Å². The standard InChI is InChI=1S/C12H12ClN3OS/c1-2-10-15-16-12(18-10)14-11(17)9-5-3-8(7-13)4-6-9/h3-6H,2,7H2,1H3,(H,14,16,17). The van der Waals surface area contributed by atoms with E-state index in [0.29, 0.717) is 16.6 Å². The molecule has 1 amide bonds. The van der Waals surface area contributed by atoms with E-state index in [-0.39, 0.29) is 5.91 Å². The summed E-state index contributed by atoms with van der Waals surface area (Å²) >= 11 is 7.08. The summed E-state index contributed by atoms with van der Waals surface area (Å²) < 4.78 is 0. The predicted molar refractivity (Wildman–Crippen MR) is 73.2 cm³/mol. The van der Waals surface area contributed by atoms with Crippen molar-refractivity contribution in [2.45, 2.75) is 19.2 Å². The van der Waals surface area contributed by atoms with Gasteiger partial charge in [0.25, 0.3) is 5.91 Å². The Balaban J connectivity index is 2.06. The number of alkyl halides is 1. The van der Waals surface area contributed by atoms with Crippen molar-refractivity contribution in [3.63, 3.8) is 0 Å². The summed E-state index contributed by atoms with van der Waals surface area (Å²) in [7, 11) is 0. The van der Waals surface area contributed by atoms with Gasteiger partial charge in [-0.05, 0) is 24.1 Å². The zero-order valence-electron chi connectivity index (χ0n) is 9.81. The number of amides is 1. The van der Waals surface area contributed by atoms with Gasteiger partial charge in [0.05, 0.1) is 0 Å². The molecule has 0 saturated heterocycles. The van der Waals surface area contributed by atoms with Gasteiger partial charge >= 0.3 is 0 Å². The largest absolute Gasteiger partial charge is 0.296 e. The first-order valence-electron chi connectivity index (χ1n) is 5.51. The maximum absolute atomic E-state index is 11.9. The number of anilines is 1. The molecule has 0 aliphatic rings. The van der Waals surface area contributed by atoms with E-state index in [1.807, 2.05) is 19.1 Å². The summed E-state index contributed by atoms with van der Waals surface area (Å²) in [6.07, 6.45) is 0.817. The van der Waals surface area contributed by atoms with Gasteiger partial charge in [0.15, 0.2) is 0 Å². The van der Waals surface area contributed by atoms with Crippen molar-refractivity contribution >= 4 is 34.0 Å². The Labute approximate surface area is 114 Å². The van der Waals surface area contributed by atoms with Crippen molar-refractivity contribution in [2.24, 2.45) is 0 Å². The number of benzene rings is 1. The number of aromatic nitrogens is 2. The second kappa shape index (κ2) is 5.93. The van der Waals surface area contributed by atoms with Crippen molar-refractivity contribution < 1.29 is 4.79 Å². The molecule has 0 radical (unpaired) electrons. The van der Waals surface area contributed by atoms with Crippen molar-refractivity contribution in [2.75, 3.05) is 5.32 Å². The highest BCUT2D eigenvalue weighted by molar-refractivity contribution is 7.15. The predicted octanol–water partition coefficient (Wildman–Crippen LogP) is 3.09. The van der Waals surface area contributed by atoms with E-state index in [4.69, 9.17) is 11.6 Å². The van der Waals surface area contributed by atoms with Crippen molar-refractivity contribution in [3.05, 3.63) is 40.4 Å². The molecule has 0 saturated carbocycles. The first-order chi connectivity index (χ1) is 8.72. The minimum Gasteiger partial charge on any atom is -0.296 e. The molecule has 0 aliphatic carbocycles. The highest BCUT2D eigenvalue weighted by Crippen LogP contribution is 2.16. The van der Waals surface area contributed by atoms with E-state index in [2.05, 4.69) is 15.5 Å². The Hall–Kier alpha value is -1.46. The minimum absolute atomic E-state index is 0.185. The van der Waals surface area contributed by atoms with Gasteiger partial charge in [0.1, 0.15) is 5.01 Å². The van der Waals surface area contributed by atoms with Crippen molar-refractivity contribution in [1.82, 2.24) is 10.2 Å². The summed E-state index contributed by atoms with van der Waals surface area (Å²) in [6, 6.07) is 7.16. The van der Waals surface area contributed by atoms with Crippen LogP contribution in [0.2, 0.25) is 0 Å². The van der Waals surface area contributed by atoms with Gasteiger partial charge in [0, 0.05) is 11.4 Å². The molecule has 0 atom stereocenters. The molecule has 0 bridgehead atoms. The Kier molecular flexibility index (Phi) is 4.28. The number of hydrogen-bond donors (Lipinski definition) is 1. The van der Waals surface area contributed by atoms with Crippen LogP contribution in [0, 0.1) is 0 Å². The summed E-state index contributed by atoms with van der Waals surface area (Å²) in [4.78, 5) is 11.9. The second-order valence-electron chi connectivity index (χ2n) is 3.64. The van der Waals surface area contributed by atoms with E-state index in [9.17, 15) is 4.79 Å². The Bertz CT molecular complexity index is 539. The molecule has 1 heterocycles. The number of carbonyl (C=O) groups is 1. The zero-order chi connectivity index (χ0) is 13.0. The van der Waals surface area contributed by atoms with E-state index in [0.717, 1.165) is 17.0 Å². The summed E-state index contributed by atoms with van der Waals surface area (Å²) in [6.45, 7) is 2.00. The Morgan fingerprint density at radius 3 is 2.61 bits per heavy atom. The first kappa shape index (κ1) is 13.0. The fourth-order valence-corrected chi connectivity index (χ4v) is 2.21. The molecule has 1 aromatic carbocycles. The minimum atomic E-state index is -0.185. The quantitative estimate of drug-likeness (QED) is 0.876. The molecule has 94 valence electrons. The third-order valence-electron chi connectivity index (χ3n) is 2.36. The number of halogens is 1. The molecule has 0 fully saturated rings. The lowest BCUT2D eigenvalue weighted by atomic mass is 10.1. The highest BCUT2D eigenvalue weighted by Gasteiger charge is 2.09. The van der Waals surface area contributed by atoms with Crippen LogP contribution in [-0.2, 0) is 12.3 Å². The molecular weight excluding hydrogens is 270 g/mol. The van der Waals surface area contributed by atoms with Gasteiger partial charge in [-0.15, -0.1) is 21.8 Å². The topological polar surface area (TPSA) is 54.9 Å². The third-order valence-corrected chi connectivity index (χ3v) is 3.65. The van der Waals surface area contributed by atoms with Gasteiger partial charge in [-0.25, -0.2) is 0 Å². The van der Waals surface area contributed by atoms with Crippen LogP contribution >= 0.6 is 22.9 Å². The molecule has 1 aromatic heterocycles. The molecule has 18 heavy (non-hydrogen) atoms. The van der Waals surface area contributed by atoms with Crippen LogP contribution in [0.5, 0.6) is 0 Å². The first-order valence-corrected chi connectivity index (χ1v) is 6.86. The molecule has 6 heteroatoms. The molecule has 0 unspecified atom stereocenters. The lowest BCUT2D eigenvalue weighted by Crippen LogP contribution is -2.11. The Morgan fingerprint density at radius 2 is 2.06 bits per heavy atom. The number of rotatable bonds is 4. The van der Waals surface area contributed by atoms with Crippen molar-refractivity contribution in [1.29, 1.82) is 0 Å². The lowest BCUT2D eigenvalue weighted by molar-refractivity contribution is 0.102. The molecule has 2 rings (SSSR count). The van der Waals surface area contributed by atoms with Crippen LogP contribution in [0.3, 0.4) is 0 Å². The number of nitrogens with zero attached hydrogens (tertiary/aromatic N) is 2. The second-order valence-corrected chi connectivity index (χ2v) is 4.97. The van der Waals surface area contributed by atoms with Crippen LogP contribution in [0.15, 0.2) is 24.3 Å². The average Bonchev–Trinajstić information content (AvgIpc) is 2.86. The van der Waals surface area contributed by atoms with Crippen LogP contribution in [0.25, 0.3) is 0 Å². The number of aryl methyl sites for hydroxylation is 1. The van der Waals surface area contributed by atoms with Crippen molar-refractivity contribution in [3.8, 4) is 0 Å². The molecular formula is C12H12ClN3OS. The van der Waals surface area contributed by atoms with Gasteiger partial charge < -0.3 is 0 Å². The SMILES string of the molecule is CCc1nnc(NC(=O)c2ccc(CCl)cc2)s1. The fourth-order valence-electron chi connectivity index (χ4n) is 1.36. The van der Waals surface area contributed by atoms with Crippen LogP contribution < -0.4 is 5.32 Å². The molecule has 0 aliphatic heterocycles. The molecule has 4 nitrogen and oxygen atoms in total. The van der Waals surface area contributed by atoms with E-state index >= 15 is 0 Å². The van der Waals surface area contributed by atoms with Gasteiger partial charge in [-0.2, -0.15) is 0 Å². The maximum atomic E-state index is 11.9. The molecule has 0 spiro atoms. The van der Waals surface area contributed by atoms with Crippen LogP contribution in [0.1, 0.15) is 27.9 Å². The van der Waals surface area contributed by atoms with Gasteiger partial charge in [-0.3, -0.25) is 10.1 Å². The summed E-state index contributed by atoms with van der Waals surface area (Å²) in [5, 5.41) is 12.0. The van der Waals surface area contributed by atoms with E-state index < -0.39 is 0 Å². The number of hydrogen-bond acceptors (Lipinski definition) is 4. The monoisotopic (exact) mass is 281 g/mol. The van der Waals surface area contributed by atoms with E-state index in [1.165, 1.54) is 11.3 Å². The van der Waals surface area contributed by atoms with Gasteiger partial charge in [-0.1, -0.05) is 30.4 Å². The zero-order valence-corrected chi connectivity index (χ0v) is 11.4. The van der Waals surface area contributed by atoms with E-state index in [1.54, 1.807) is 12.1 Å². The third kappa shape index (κ3) is 3.05. The lowest BCUT2D eigenvalue weighted by Gasteiger charge is -2.01. The average molecular weight is 282 g/mol. The number of carbonyl (C=O) groups excluding carboxylic acids is 1. The smallest absolute Gasteiger partial charge is 0.257 e. The Morgan fingerprint density at radius 1 is 1.33 bits per heavy atom. The molecule has 2 aromatic rings. The number of nitrogens with one attached hydrogen (secondary N) is 1. The highest BCUT2D eigenvalue weighted by atomic mass is 35.5. The fraction of sp³-hybridized carbons (Fsp3) is 0.250. The molecule has 1 N–H and O–H groups in total. The van der Waals surface area contributed by atoms with Gasteiger partial charge in [0.2, 0.25) is 5.13 Å².